The molecule has 0 aliphatic rings. The van der Waals surface area contributed by atoms with Gasteiger partial charge in [0.25, 0.3) is 0 Å². The third-order valence-electron chi connectivity index (χ3n) is 2.27. The van der Waals surface area contributed by atoms with E-state index in [4.69, 9.17) is 15.2 Å². The maximum absolute atomic E-state index is 12.7. The lowest BCUT2D eigenvalue weighted by Crippen LogP contribution is -2.10. The van der Waals surface area contributed by atoms with Gasteiger partial charge >= 0.3 is 0 Å². The highest BCUT2D eigenvalue weighted by molar-refractivity contribution is 9.10. The summed E-state index contributed by atoms with van der Waals surface area (Å²) < 4.78 is 24.3. The summed E-state index contributed by atoms with van der Waals surface area (Å²) in [6.07, 6.45) is 1.59. The molecular weight excluding hydrogens is 315 g/mol. The average molecular weight is 327 g/mol. The Morgan fingerprint density at radius 2 is 1.84 bits per heavy atom. The Bertz CT molecular complexity index is 549. The highest BCUT2D eigenvalue weighted by atomic mass is 79.9. The normalized spacial score (nSPS) is 10.2. The first-order valence-electron chi connectivity index (χ1n) is 5.57. The van der Waals surface area contributed by atoms with E-state index in [2.05, 4.69) is 20.9 Å². The Kier molecular flexibility index (Phi) is 4.57. The second-order valence-corrected chi connectivity index (χ2v) is 4.60. The summed E-state index contributed by atoms with van der Waals surface area (Å²) in [7, 11) is 0. The number of nitrogen functional groups attached to an aromatic ring is 1. The molecule has 0 bridgehead atoms. The fourth-order valence-electron chi connectivity index (χ4n) is 1.39. The molecule has 6 heteroatoms. The first-order chi connectivity index (χ1) is 9.15. The number of benzene rings is 1. The van der Waals surface area contributed by atoms with Gasteiger partial charge in [-0.05, 0) is 46.3 Å². The maximum atomic E-state index is 12.7. The van der Waals surface area contributed by atoms with Crippen molar-refractivity contribution in [3.8, 4) is 11.5 Å². The first kappa shape index (κ1) is 13.6. The van der Waals surface area contributed by atoms with E-state index in [1.54, 1.807) is 24.4 Å². The highest BCUT2D eigenvalue weighted by Crippen LogP contribution is 2.22. The van der Waals surface area contributed by atoms with Crippen LogP contribution in [0, 0.1) is 5.82 Å². The molecule has 0 saturated carbocycles. The molecule has 0 amide bonds. The first-order valence-corrected chi connectivity index (χ1v) is 6.36. The van der Waals surface area contributed by atoms with Crippen molar-refractivity contribution >= 4 is 21.7 Å². The summed E-state index contributed by atoms with van der Waals surface area (Å²) >= 11 is 3.28. The van der Waals surface area contributed by atoms with Crippen LogP contribution < -0.4 is 15.2 Å². The summed E-state index contributed by atoms with van der Waals surface area (Å²) in [4.78, 5) is 3.95. The van der Waals surface area contributed by atoms with Crippen molar-refractivity contribution in [3.05, 3.63) is 46.8 Å². The Morgan fingerprint density at radius 3 is 2.58 bits per heavy atom. The van der Waals surface area contributed by atoms with Crippen molar-refractivity contribution in [3.63, 3.8) is 0 Å². The molecule has 2 aromatic rings. The molecule has 2 rings (SSSR count). The minimum absolute atomic E-state index is 0.295. The predicted molar refractivity (Wildman–Crippen MR) is 73.7 cm³/mol. The summed E-state index contributed by atoms with van der Waals surface area (Å²) in [6.45, 7) is 0.650. The monoisotopic (exact) mass is 326 g/mol. The number of nitrogens with two attached hydrogens (primary N) is 1. The summed E-state index contributed by atoms with van der Waals surface area (Å²) in [6, 6.07) is 7.54. The molecule has 0 unspecified atom stereocenters. The fraction of sp³-hybridized carbons (Fsp3) is 0.154. The lowest BCUT2D eigenvalue weighted by Gasteiger charge is -2.09. The topological polar surface area (TPSA) is 57.4 Å². The average Bonchev–Trinajstić information content (AvgIpc) is 2.40. The second kappa shape index (κ2) is 6.38. The number of rotatable bonds is 5. The number of anilines is 1. The third kappa shape index (κ3) is 4.10. The van der Waals surface area contributed by atoms with Crippen LogP contribution in [0.3, 0.4) is 0 Å². The number of nitrogens with zero attached hydrogens (tertiary/aromatic N) is 1. The molecule has 0 fully saturated rings. The van der Waals surface area contributed by atoms with Gasteiger partial charge in [-0.3, -0.25) is 0 Å². The van der Waals surface area contributed by atoms with Gasteiger partial charge < -0.3 is 15.2 Å². The minimum Gasteiger partial charge on any atom is -0.490 e. The van der Waals surface area contributed by atoms with Crippen LogP contribution in [0.5, 0.6) is 11.5 Å². The van der Waals surface area contributed by atoms with E-state index in [0.717, 1.165) is 4.47 Å². The molecule has 0 aliphatic carbocycles. The largest absolute Gasteiger partial charge is 0.490 e. The second-order valence-electron chi connectivity index (χ2n) is 3.69. The SMILES string of the molecule is Nc1ncc(Br)cc1OCCOc1ccc(F)cc1. The number of hydrogen-bond donors (Lipinski definition) is 1. The van der Waals surface area contributed by atoms with Crippen LogP contribution in [0.15, 0.2) is 41.0 Å². The molecule has 1 aromatic carbocycles. The zero-order valence-electron chi connectivity index (χ0n) is 9.98. The van der Waals surface area contributed by atoms with Crippen LogP contribution in [0.4, 0.5) is 10.2 Å². The van der Waals surface area contributed by atoms with Crippen molar-refractivity contribution in [2.45, 2.75) is 0 Å². The van der Waals surface area contributed by atoms with Gasteiger partial charge in [0.15, 0.2) is 11.6 Å². The molecular formula is C13H12BrFN2O2. The Balaban J connectivity index is 1.80. The van der Waals surface area contributed by atoms with Crippen LogP contribution in [0.25, 0.3) is 0 Å². The smallest absolute Gasteiger partial charge is 0.166 e. The van der Waals surface area contributed by atoms with E-state index in [1.807, 2.05) is 0 Å². The fourth-order valence-corrected chi connectivity index (χ4v) is 1.70. The molecule has 1 heterocycles. The Hall–Kier alpha value is -1.82. The molecule has 0 spiro atoms. The van der Waals surface area contributed by atoms with E-state index in [9.17, 15) is 4.39 Å². The molecule has 19 heavy (non-hydrogen) atoms. The number of hydrogen-bond acceptors (Lipinski definition) is 4. The van der Waals surface area contributed by atoms with Crippen molar-refractivity contribution in [2.75, 3.05) is 18.9 Å². The number of ether oxygens (including phenoxy) is 2. The molecule has 4 nitrogen and oxygen atoms in total. The van der Waals surface area contributed by atoms with Crippen LogP contribution in [0.2, 0.25) is 0 Å². The van der Waals surface area contributed by atoms with Crippen LogP contribution in [-0.4, -0.2) is 18.2 Å². The van der Waals surface area contributed by atoms with Gasteiger partial charge in [-0.1, -0.05) is 0 Å². The maximum Gasteiger partial charge on any atom is 0.166 e. The van der Waals surface area contributed by atoms with Crippen LogP contribution >= 0.6 is 15.9 Å². The summed E-state index contributed by atoms with van der Waals surface area (Å²) in [5.41, 5.74) is 5.66. The zero-order chi connectivity index (χ0) is 13.7. The van der Waals surface area contributed by atoms with Gasteiger partial charge in [0, 0.05) is 10.7 Å². The Morgan fingerprint density at radius 1 is 1.16 bits per heavy atom. The van der Waals surface area contributed by atoms with E-state index >= 15 is 0 Å². The lowest BCUT2D eigenvalue weighted by atomic mass is 10.3. The minimum atomic E-state index is -0.295. The molecule has 100 valence electrons. The number of halogens is 2. The number of pyridine rings is 1. The van der Waals surface area contributed by atoms with Gasteiger partial charge in [-0.2, -0.15) is 0 Å². The van der Waals surface area contributed by atoms with E-state index in [1.165, 1.54) is 12.1 Å². The molecule has 1 aromatic heterocycles. The summed E-state index contributed by atoms with van der Waals surface area (Å²) in [5.74, 6) is 1.11. The van der Waals surface area contributed by atoms with Crippen LogP contribution in [-0.2, 0) is 0 Å². The van der Waals surface area contributed by atoms with Gasteiger partial charge in [0.1, 0.15) is 24.8 Å². The van der Waals surface area contributed by atoms with Crippen molar-refractivity contribution in [2.24, 2.45) is 0 Å². The quantitative estimate of drug-likeness (QED) is 0.858. The van der Waals surface area contributed by atoms with E-state index < -0.39 is 0 Å². The van der Waals surface area contributed by atoms with E-state index in [-0.39, 0.29) is 5.82 Å². The van der Waals surface area contributed by atoms with Gasteiger partial charge in [0.2, 0.25) is 0 Å². The van der Waals surface area contributed by atoms with Crippen molar-refractivity contribution in [1.82, 2.24) is 4.98 Å². The third-order valence-corrected chi connectivity index (χ3v) is 2.71. The van der Waals surface area contributed by atoms with Crippen molar-refractivity contribution in [1.29, 1.82) is 0 Å². The standard InChI is InChI=1S/C13H12BrFN2O2/c14-9-7-12(13(16)17-8-9)19-6-5-18-11-3-1-10(15)2-4-11/h1-4,7-8H,5-6H2,(H2,16,17). The molecule has 0 radical (unpaired) electrons. The van der Waals surface area contributed by atoms with Crippen LogP contribution in [0.1, 0.15) is 0 Å². The van der Waals surface area contributed by atoms with Gasteiger partial charge in [-0.25, -0.2) is 9.37 Å². The Labute approximate surface area is 118 Å². The molecule has 0 atom stereocenters. The van der Waals surface area contributed by atoms with Crippen molar-refractivity contribution < 1.29 is 13.9 Å². The van der Waals surface area contributed by atoms with E-state index in [0.29, 0.717) is 30.5 Å². The molecule has 2 N–H and O–H groups in total. The zero-order valence-corrected chi connectivity index (χ0v) is 11.6. The highest BCUT2D eigenvalue weighted by Gasteiger charge is 2.02. The number of aromatic nitrogens is 1. The summed E-state index contributed by atoms with van der Waals surface area (Å²) in [5, 5.41) is 0. The molecule has 0 aliphatic heterocycles. The van der Waals surface area contributed by atoms with Gasteiger partial charge in [0.05, 0.1) is 0 Å². The van der Waals surface area contributed by atoms with Gasteiger partial charge in [-0.15, -0.1) is 0 Å². The predicted octanol–water partition coefficient (Wildman–Crippen LogP) is 3.02. The lowest BCUT2D eigenvalue weighted by molar-refractivity contribution is 0.217. The molecule has 0 saturated heterocycles.